The Balaban J connectivity index is 1.90. The molecule has 0 aliphatic carbocycles. The second-order valence-electron chi connectivity index (χ2n) is 3.46. The van der Waals surface area contributed by atoms with Crippen LogP contribution in [0.4, 0.5) is 0 Å². The van der Waals surface area contributed by atoms with Crippen molar-refractivity contribution in [2.24, 2.45) is 5.92 Å². The highest BCUT2D eigenvalue weighted by Crippen LogP contribution is 2.18. The fraction of sp³-hybridized carbons (Fsp3) is 0.600. The van der Waals surface area contributed by atoms with Crippen LogP contribution in [0.15, 0.2) is 18.6 Å². The summed E-state index contributed by atoms with van der Waals surface area (Å²) in [5, 5.41) is 0. The smallest absolute Gasteiger partial charge is 0.115 e. The van der Waals surface area contributed by atoms with E-state index in [-0.39, 0.29) is 0 Å². The summed E-state index contributed by atoms with van der Waals surface area (Å²) < 4.78 is 5.30. The molecular weight excluding hydrogens is 164 g/mol. The summed E-state index contributed by atoms with van der Waals surface area (Å²) in [6.07, 6.45) is 6.84. The van der Waals surface area contributed by atoms with Crippen LogP contribution in [-0.2, 0) is 11.2 Å². The number of nitrogens with zero attached hydrogens (tertiary/aromatic N) is 2. The predicted octanol–water partition coefficient (Wildman–Crippen LogP) is 1.45. The Bertz CT molecular complexity index is 244. The molecule has 0 aromatic carbocycles. The molecule has 70 valence electrons. The van der Waals surface area contributed by atoms with E-state index in [0.29, 0.717) is 0 Å². The Labute approximate surface area is 78.2 Å². The first-order valence-electron chi connectivity index (χ1n) is 4.78. The van der Waals surface area contributed by atoms with E-state index >= 15 is 0 Å². The largest absolute Gasteiger partial charge is 0.381 e. The van der Waals surface area contributed by atoms with Gasteiger partial charge >= 0.3 is 0 Å². The molecule has 2 rings (SSSR count). The van der Waals surface area contributed by atoms with Gasteiger partial charge in [-0.25, -0.2) is 9.97 Å². The van der Waals surface area contributed by atoms with E-state index < -0.39 is 0 Å². The van der Waals surface area contributed by atoms with Crippen LogP contribution < -0.4 is 0 Å². The van der Waals surface area contributed by atoms with E-state index in [0.717, 1.165) is 31.2 Å². The van der Waals surface area contributed by atoms with Gasteiger partial charge in [-0.2, -0.15) is 0 Å². The van der Waals surface area contributed by atoms with Crippen LogP contribution in [0.3, 0.4) is 0 Å². The Morgan fingerprint density at radius 2 is 2.23 bits per heavy atom. The minimum absolute atomic E-state index is 0.753. The van der Waals surface area contributed by atoms with E-state index in [2.05, 4.69) is 9.97 Å². The van der Waals surface area contributed by atoms with Crippen LogP contribution in [0.25, 0.3) is 0 Å². The van der Waals surface area contributed by atoms with Crippen LogP contribution in [0.1, 0.15) is 18.5 Å². The molecule has 2 heterocycles. The average Bonchev–Trinajstić information content (AvgIpc) is 2.21. The Morgan fingerprint density at radius 3 is 2.92 bits per heavy atom. The van der Waals surface area contributed by atoms with Gasteiger partial charge in [0.05, 0.1) is 0 Å². The van der Waals surface area contributed by atoms with Crippen molar-refractivity contribution in [3.05, 3.63) is 24.3 Å². The van der Waals surface area contributed by atoms with E-state index in [1.54, 1.807) is 6.33 Å². The second kappa shape index (κ2) is 4.33. The number of hydrogen-bond acceptors (Lipinski definition) is 3. The van der Waals surface area contributed by atoms with E-state index in [1.807, 2.05) is 12.3 Å². The van der Waals surface area contributed by atoms with Gasteiger partial charge in [-0.3, -0.25) is 0 Å². The molecule has 0 spiro atoms. The third kappa shape index (κ3) is 2.49. The first-order chi connectivity index (χ1) is 6.45. The van der Waals surface area contributed by atoms with Crippen LogP contribution in [-0.4, -0.2) is 23.2 Å². The highest BCUT2D eigenvalue weighted by atomic mass is 16.5. The second-order valence-corrected chi connectivity index (χ2v) is 3.46. The average molecular weight is 178 g/mol. The Kier molecular flexibility index (Phi) is 2.87. The van der Waals surface area contributed by atoms with Crippen LogP contribution in [0.2, 0.25) is 0 Å². The first kappa shape index (κ1) is 8.63. The molecule has 0 unspecified atom stereocenters. The maximum Gasteiger partial charge on any atom is 0.115 e. The lowest BCUT2D eigenvalue weighted by Gasteiger charge is -2.21. The van der Waals surface area contributed by atoms with E-state index in [4.69, 9.17) is 4.74 Å². The van der Waals surface area contributed by atoms with Gasteiger partial charge in [0, 0.05) is 25.1 Å². The maximum absolute atomic E-state index is 5.30. The number of ether oxygens (including phenoxy) is 1. The standard InChI is InChI=1S/C10H14N2O/c1-4-11-8-12-10(1)7-9-2-5-13-6-3-9/h1,4,8-9H,2-3,5-7H2. The molecule has 1 aromatic rings. The van der Waals surface area contributed by atoms with Gasteiger partial charge in [-0.1, -0.05) is 0 Å². The molecule has 1 saturated heterocycles. The van der Waals surface area contributed by atoms with Gasteiger partial charge in [-0.15, -0.1) is 0 Å². The number of aromatic nitrogens is 2. The maximum atomic E-state index is 5.30. The monoisotopic (exact) mass is 178 g/mol. The van der Waals surface area contributed by atoms with Crippen molar-refractivity contribution < 1.29 is 4.74 Å². The van der Waals surface area contributed by atoms with Crippen molar-refractivity contribution in [2.75, 3.05) is 13.2 Å². The van der Waals surface area contributed by atoms with Crippen molar-refractivity contribution >= 4 is 0 Å². The van der Waals surface area contributed by atoms with Gasteiger partial charge < -0.3 is 4.74 Å². The number of rotatable bonds is 2. The molecule has 3 nitrogen and oxygen atoms in total. The summed E-state index contributed by atoms with van der Waals surface area (Å²) in [6, 6.07) is 2.00. The lowest BCUT2D eigenvalue weighted by atomic mass is 9.95. The Morgan fingerprint density at radius 1 is 1.38 bits per heavy atom. The Hall–Kier alpha value is -0.960. The zero-order valence-corrected chi connectivity index (χ0v) is 7.65. The van der Waals surface area contributed by atoms with E-state index in [1.165, 1.54) is 12.8 Å². The van der Waals surface area contributed by atoms with Gasteiger partial charge in [0.1, 0.15) is 6.33 Å². The molecule has 0 bridgehead atoms. The molecule has 0 radical (unpaired) electrons. The molecule has 13 heavy (non-hydrogen) atoms. The first-order valence-corrected chi connectivity index (χ1v) is 4.78. The topological polar surface area (TPSA) is 35.0 Å². The molecule has 1 fully saturated rings. The molecule has 3 heteroatoms. The SMILES string of the molecule is c1cc(CC2CCOCC2)ncn1. The predicted molar refractivity (Wildman–Crippen MR) is 49.3 cm³/mol. The molecule has 1 aliphatic heterocycles. The third-order valence-corrected chi connectivity index (χ3v) is 2.48. The number of hydrogen-bond donors (Lipinski definition) is 0. The molecule has 0 atom stereocenters. The van der Waals surface area contributed by atoms with Crippen molar-refractivity contribution in [1.29, 1.82) is 0 Å². The zero-order chi connectivity index (χ0) is 8.93. The third-order valence-electron chi connectivity index (χ3n) is 2.48. The van der Waals surface area contributed by atoms with Crippen LogP contribution in [0.5, 0.6) is 0 Å². The van der Waals surface area contributed by atoms with Gasteiger partial charge in [-0.05, 0) is 31.2 Å². The zero-order valence-electron chi connectivity index (χ0n) is 7.65. The summed E-state index contributed by atoms with van der Waals surface area (Å²) in [5.74, 6) is 0.753. The molecule has 1 aromatic heterocycles. The van der Waals surface area contributed by atoms with Crippen molar-refractivity contribution in [3.8, 4) is 0 Å². The van der Waals surface area contributed by atoms with Gasteiger partial charge in [0.25, 0.3) is 0 Å². The van der Waals surface area contributed by atoms with E-state index in [9.17, 15) is 0 Å². The molecular formula is C10H14N2O. The van der Waals surface area contributed by atoms with Crippen molar-refractivity contribution in [2.45, 2.75) is 19.3 Å². The summed E-state index contributed by atoms with van der Waals surface area (Å²) in [4.78, 5) is 8.12. The van der Waals surface area contributed by atoms with Crippen LogP contribution in [0, 0.1) is 5.92 Å². The summed E-state index contributed by atoms with van der Waals surface area (Å²) in [7, 11) is 0. The molecule has 1 aliphatic rings. The summed E-state index contributed by atoms with van der Waals surface area (Å²) in [5.41, 5.74) is 1.15. The van der Waals surface area contributed by atoms with Crippen LogP contribution >= 0.6 is 0 Å². The minimum Gasteiger partial charge on any atom is -0.381 e. The van der Waals surface area contributed by atoms with Crippen molar-refractivity contribution in [3.63, 3.8) is 0 Å². The molecule has 0 saturated carbocycles. The lowest BCUT2D eigenvalue weighted by Crippen LogP contribution is -2.17. The van der Waals surface area contributed by atoms with Gasteiger partial charge in [0.2, 0.25) is 0 Å². The highest BCUT2D eigenvalue weighted by Gasteiger charge is 2.14. The summed E-state index contributed by atoms with van der Waals surface area (Å²) in [6.45, 7) is 1.82. The molecule has 0 amide bonds. The van der Waals surface area contributed by atoms with Crippen molar-refractivity contribution in [1.82, 2.24) is 9.97 Å². The fourth-order valence-electron chi connectivity index (χ4n) is 1.69. The fourth-order valence-corrected chi connectivity index (χ4v) is 1.69. The lowest BCUT2D eigenvalue weighted by molar-refractivity contribution is 0.0662. The highest BCUT2D eigenvalue weighted by molar-refractivity contribution is 4.99. The van der Waals surface area contributed by atoms with Gasteiger partial charge in [0.15, 0.2) is 0 Å². The normalized spacial score (nSPS) is 18.8. The minimum atomic E-state index is 0.753. The molecule has 0 N–H and O–H groups in total. The quantitative estimate of drug-likeness (QED) is 0.687. The summed E-state index contributed by atoms with van der Waals surface area (Å²) >= 11 is 0.